The van der Waals surface area contributed by atoms with Crippen LogP contribution in [0.1, 0.15) is 26.2 Å². The van der Waals surface area contributed by atoms with Gasteiger partial charge in [0.25, 0.3) is 5.91 Å². The highest BCUT2D eigenvalue weighted by molar-refractivity contribution is 6.32. The summed E-state index contributed by atoms with van der Waals surface area (Å²) in [6, 6.07) is 5.27. The van der Waals surface area contributed by atoms with Crippen molar-refractivity contribution in [2.24, 2.45) is 0 Å². The summed E-state index contributed by atoms with van der Waals surface area (Å²) in [5.41, 5.74) is -0.122. The van der Waals surface area contributed by atoms with Crippen molar-refractivity contribution in [3.8, 4) is 5.75 Å². The van der Waals surface area contributed by atoms with E-state index in [1.54, 1.807) is 25.3 Å². The Morgan fingerprint density at radius 3 is 2.73 bits per heavy atom. The summed E-state index contributed by atoms with van der Waals surface area (Å²) in [5, 5.41) is 6.62. The van der Waals surface area contributed by atoms with Crippen molar-refractivity contribution in [3.63, 3.8) is 0 Å². The summed E-state index contributed by atoms with van der Waals surface area (Å²) in [6.45, 7) is 4.19. The number of amides is 1. The maximum absolute atomic E-state index is 12.6. The molecule has 1 heterocycles. The minimum absolute atomic E-state index is 0.130. The third kappa shape index (κ3) is 3.91. The van der Waals surface area contributed by atoms with Gasteiger partial charge in [0.05, 0.1) is 11.6 Å². The van der Waals surface area contributed by atoms with Gasteiger partial charge in [-0.15, -0.1) is 0 Å². The number of ether oxygens (including phenoxy) is 2. The average Bonchev–Trinajstić information content (AvgIpc) is 2.54. The first-order chi connectivity index (χ1) is 10.6. The Morgan fingerprint density at radius 1 is 1.41 bits per heavy atom. The van der Waals surface area contributed by atoms with Gasteiger partial charge in [-0.3, -0.25) is 4.79 Å². The van der Waals surface area contributed by atoms with Crippen molar-refractivity contribution in [2.45, 2.75) is 31.8 Å². The van der Waals surface area contributed by atoms with E-state index in [0.29, 0.717) is 35.9 Å². The molecule has 0 bridgehead atoms. The van der Waals surface area contributed by atoms with E-state index in [-0.39, 0.29) is 5.91 Å². The zero-order valence-electron chi connectivity index (χ0n) is 13.1. The Kier molecular flexibility index (Phi) is 6.06. The number of halogens is 1. The molecule has 0 saturated carbocycles. The molecular weight excluding hydrogens is 304 g/mol. The smallest absolute Gasteiger partial charge is 0.256 e. The summed E-state index contributed by atoms with van der Waals surface area (Å²) >= 11 is 6.19. The molecule has 0 atom stereocenters. The third-order valence-corrected chi connectivity index (χ3v) is 4.16. The molecule has 5 nitrogen and oxygen atoms in total. The van der Waals surface area contributed by atoms with Gasteiger partial charge in [-0.05, 0) is 50.6 Å². The van der Waals surface area contributed by atoms with Gasteiger partial charge in [-0.2, -0.15) is 0 Å². The monoisotopic (exact) mass is 326 g/mol. The molecule has 122 valence electrons. The number of rotatable bonds is 6. The van der Waals surface area contributed by atoms with Crippen molar-refractivity contribution in [1.29, 1.82) is 0 Å². The maximum atomic E-state index is 12.6. The van der Waals surface area contributed by atoms with Crippen LogP contribution in [0.15, 0.2) is 18.2 Å². The van der Waals surface area contributed by atoms with Gasteiger partial charge in [-0.25, -0.2) is 0 Å². The number of piperidine rings is 1. The summed E-state index contributed by atoms with van der Waals surface area (Å²) < 4.78 is 11.0. The number of anilines is 1. The number of hydrogen-bond donors (Lipinski definition) is 2. The zero-order chi connectivity index (χ0) is 16.0. The van der Waals surface area contributed by atoms with Gasteiger partial charge in [0.2, 0.25) is 0 Å². The van der Waals surface area contributed by atoms with Crippen LogP contribution in [-0.4, -0.2) is 38.3 Å². The summed E-state index contributed by atoms with van der Waals surface area (Å²) in [4.78, 5) is 12.6. The highest BCUT2D eigenvalue weighted by Gasteiger charge is 2.39. The molecule has 1 amide bonds. The molecule has 0 aliphatic carbocycles. The number of hydrogen-bond acceptors (Lipinski definition) is 4. The number of nitrogens with one attached hydrogen (secondary N) is 2. The van der Waals surface area contributed by atoms with E-state index in [0.717, 1.165) is 19.5 Å². The lowest BCUT2D eigenvalue weighted by Gasteiger charge is -2.34. The predicted octanol–water partition coefficient (Wildman–Crippen LogP) is 2.84. The Labute approximate surface area is 136 Å². The molecule has 1 fully saturated rings. The van der Waals surface area contributed by atoms with Gasteiger partial charge in [0.1, 0.15) is 11.4 Å². The van der Waals surface area contributed by atoms with Gasteiger partial charge in [0, 0.05) is 12.8 Å². The molecule has 2 N–H and O–H groups in total. The second-order valence-corrected chi connectivity index (χ2v) is 5.80. The fraction of sp³-hybridized carbons (Fsp3) is 0.562. The van der Waals surface area contributed by atoms with E-state index in [1.807, 2.05) is 6.92 Å². The molecule has 0 radical (unpaired) electrons. The van der Waals surface area contributed by atoms with E-state index >= 15 is 0 Å². The molecule has 0 unspecified atom stereocenters. The average molecular weight is 327 g/mol. The largest absolute Gasteiger partial charge is 0.492 e. The van der Waals surface area contributed by atoms with Crippen molar-refractivity contribution >= 4 is 23.2 Å². The van der Waals surface area contributed by atoms with Crippen LogP contribution in [0.3, 0.4) is 0 Å². The van der Waals surface area contributed by atoms with Crippen molar-refractivity contribution in [3.05, 3.63) is 23.2 Å². The lowest BCUT2D eigenvalue weighted by Crippen LogP contribution is -2.51. The first-order valence-corrected chi connectivity index (χ1v) is 7.99. The minimum Gasteiger partial charge on any atom is -0.492 e. The van der Waals surface area contributed by atoms with Crippen LogP contribution in [0.5, 0.6) is 5.75 Å². The molecule has 0 aromatic heterocycles. The Balaban J connectivity index is 2.06. The van der Waals surface area contributed by atoms with Crippen LogP contribution in [0.4, 0.5) is 5.69 Å². The highest BCUT2D eigenvalue weighted by atomic mass is 35.5. The molecule has 1 saturated heterocycles. The topological polar surface area (TPSA) is 59.6 Å². The van der Waals surface area contributed by atoms with Crippen LogP contribution >= 0.6 is 11.6 Å². The number of methoxy groups -OCH3 is 1. The molecule has 2 rings (SSSR count). The highest BCUT2D eigenvalue weighted by Crippen LogP contribution is 2.29. The lowest BCUT2D eigenvalue weighted by atomic mass is 9.91. The zero-order valence-corrected chi connectivity index (χ0v) is 13.8. The molecule has 1 aliphatic rings. The summed E-state index contributed by atoms with van der Waals surface area (Å²) in [7, 11) is 1.58. The van der Waals surface area contributed by atoms with Crippen molar-refractivity contribution < 1.29 is 14.3 Å². The van der Waals surface area contributed by atoms with E-state index in [1.165, 1.54) is 0 Å². The predicted molar refractivity (Wildman–Crippen MR) is 87.7 cm³/mol. The van der Waals surface area contributed by atoms with Crippen molar-refractivity contribution in [2.75, 3.05) is 32.1 Å². The molecule has 1 aromatic rings. The first-order valence-electron chi connectivity index (χ1n) is 7.61. The van der Waals surface area contributed by atoms with Crippen LogP contribution in [0.25, 0.3) is 0 Å². The van der Waals surface area contributed by atoms with Crippen LogP contribution < -0.4 is 15.4 Å². The summed E-state index contributed by atoms with van der Waals surface area (Å²) in [5.74, 6) is 0.500. The molecule has 1 aliphatic heterocycles. The van der Waals surface area contributed by atoms with E-state index in [4.69, 9.17) is 21.1 Å². The SMILES string of the molecule is CCCOc1ccc(NC(=O)C2(OC)CCNCC2)cc1Cl. The second kappa shape index (κ2) is 7.81. The summed E-state index contributed by atoms with van der Waals surface area (Å²) in [6.07, 6.45) is 2.22. The standard InChI is InChI=1S/C16H23ClN2O3/c1-3-10-22-14-5-4-12(11-13(14)17)19-15(20)16(21-2)6-8-18-9-7-16/h4-5,11,18H,3,6-10H2,1-2H3,(H,19,20). The Hall–Kier alpha value is -1.30. The third-order valence-electron chi connectivity index (χ3n) is 3.87. The maximum Gasteiger partial charge on any atom is 0.256 e. The Bertz CT molecular complexity index is 516. The molecule has 6 heteroatoms. The fourth-order valence-electron chi connectivity index (χ4n) is 2.51. The van der Waals surface area contributed by atoms with Crippen LogP contribution in [-0.2, 0) is 9.53 Å². The quantitative estimate of drug-likeness (QED) is 0.844. The van der Waals surface area contributed by atoms with E-state index in [2.05, 4.69) is 10.6 Å². The normalized spacial score (nSPS) is 17.0. The van der Waals surface area contributed by atoms with Gasteiger partial charge in [0.15, 0.2) is 0 Å². The van der Waals surface area contributed by atoms with Gasteiger partial charge >= 0.3 is 0 Å². The second-order valence-electron chi connectivity index (χ2n) is 5.40. The van der Waals surface area contributed by atoms with Crippen LogP contribution in [0, 0.1) is 0 Å². The van der Waals surface area contributed by atoms with Gasteiger partial charge < -0.3 is 20.1 Å². The number of carbonyl (C=O) groups excluding carboxylic acids is 1. The molecular formula is C16H23ClN2O3. The molecule has 1 aromatic carbocycles. The number of carbonyl (C=O) groups is 1. The van der Waals surface area contributed by atoms with Crippen molar-refractivity contribution in [1.82, 2.24) is 5.32 Å². The Morgan fingerprint density at radius 2 is 2.14 bits per heavy atom. The lowest BCUT2D eigenvalue weighted by molar-refractivity contribution is -0.140. The first kappa shape index (κ1) is 17.1. The molecule has 0 spiro atoms. The number of benzene rings is 1. The van der Waals surface area contributed by atoms with E-state index in [9.17, 15) is 4.79 Å². The van der Waals surface area contributed by atoms with E-state index < -0.39 is 5.60 Å². The minimum atomic E-state index is -0.769. The fourth-order valence-corrected chi connectivity index (χ4v) is 2.74. The molecule has 22 heavy (non-hydrogen) atoms. The van der Waals surface area contributed by atoms with Gasteiger partial charge in [-0.1, -0.05) is 18.5 Å². The van der Waals surface area contributed by atoms with Crippen LogP contribution in [0.2, 0.25) is 5.02 Å².